The Morgan fingerprint density at radius 1 is 1.43 bits per heavy atom. The van der Waals surface area contributed by atoms with Crippen molar-refractivity contribution in [1.29, 1.82) is 0 Å². The summed E-state index contributed by atoms with van der Waals surface area (Å²) in [4.78, 5) is 34.8. The highest BCUT2D eigenvalue weighted by molar-refractivity contribution is 5.70. The summed E-state index contributed by atoms with van der Waals surface area (Å²) in [5, 5.41) is 6.89. The summed E-state index contributed by atoms with van der Waals surface area (Å²) in [6.07, 6.45) is 1.65. The average molecular weight is 323 g/mol. The SMILES string of the molecule is Cc1cnc(N2CCN3C(=O)OCC3C2)nc1N(C)C.O=CO. The van der Waals surface area contributed by atoms with Crippen molar-refractivity contribution in [2.24, 2.45) is 0 Å². The maximum Gasteiger partial charge on any atom is 0.410 e. The molecule has 1 aromatic rings. The fourth-order valence-corrected chi connectivity index (χ4v) is 2.70. The van der Waals surface area contributed by atoms with Gasteiger partial charge >= 0.3 is 6.09 Å². The molecular weight excluding hydrogens is 302 g/mol. The van der Waals surface area contributed by atoms with Crippen LogP contribution in [0.1, 0.15) is 5.56 Å². The molecule has 2 saturated heterocycles. The maximum atomic E-state index is 11.5. The van der Waals surface area contributed by atoms with Gasteiger partial charge in [0, 0.05) is 45.5 Å². The van der Waals surface area contributed by atoms with Gasteiger partial charge in [-0.25, -0.2) is 9.78 Å². The average Bonchev–Trinajstić information content (AvgIpc) is 2.89. The van der Waals surface area contributed by atoms with E-state index in [1.165, 1.54) is 0 Å². The lowest BCUT2D eigenvalue weighted by Crippen LogP contribution is -2.52. The smallest absolute Gasteiger partial charge is 0.410 e. The lowest BCUT2D eigenvalue weighted by Gasteiger charge is -2.35. The van der Waals surface area contributed by atoms with Crippen LogP contribution < -0.4 is 9.80 Å². The van der Waals surface area contributed by atoms with Gasteiger partial charge < -0.3 is 19.6 Å². The lowest BCUT2D eigenvalue weighted by molar-refractivity contribution is -0.122. The standard InChI is InChI=1S/C13H19N5O2.CH2O2/c1-9-6-14-12(15-11(9)16(2)3)17-4-5-18-10(7-17)8-20-13(18)19;2-1-3/h6,10H,4-5,7-8H2,1-3H3;1H,(H,2,3). The number of hydrogen-bond donors (Lipinski definition) is 1. The molecule has 1 atom stereocenters. The van der Waals surface area contributed by atoms with Gasteiger partial charge in [0.05, 0.1) is 6.04 Å². The van der Waals surface area contributed by atoms with E-state index in [-0.39, 0.29) is 18.6 Å². The first kappa shape index (κ1) is 16.8. The highest BCUT2D eigenvalue weighted by Gasteiger charge is 2.38. The van der Waals surface area contributed by atoms with Gasteiger partial charge in [0.1, 0.15) is 12.4 Å². The predicted molar refractivity (Wildman–Crippen MR) is 83.8 cm³/mol. The summed E-state index contributed by atoms with van der Waals surface area (Å²) in [5.41, 5.74) is 1.05. The number of carbonyl (C=O) groups is 2. The molecule has 0 saturated carbocycles. The molecule has 3 heterocycles. The quantitative estimate of drug-likeness (QED) is 0.770. The number of cyclic esters (lactones) is 1. The van der Waals surface area contributed by atoms with E-state index in [1.807, 2.05) is 32.1 Å². The van der Waals surface area contributed by atoms with E-state index in [2.05, 4.69) is 14.9 Å². The first-order valence-electron chi connectivity index (χ1n) is 7.25. The van der Waals surface area contributed by atoms with Gasteiger partial charge in [-0.2, -0.15) is 4.98 Å². The zero-order valence-corrected chi connectivity index (χ0v) is 13.5. The largest absolute Gasteiger partial charge is 0.483 e. The van der Waals surface area contributed by atoms with Crippen LogP contribution >= 0.6 is 0 Å². The normalized spacial score (nSPS) is 19.4. The Hall–Kier alpha value is -2.58. The van der Waals surface area contributed by atoms with Crippen molar-refractivity contribution < 1.29 is 19.4 Å². The van der Waals surface area contributed by atoms with Gasteiger partial charge in [0.2, 0.25) is 5.95 Å². The van der Waals surface area contributed by atoms with E-state index in [1.54, 1.807) is 4.90 Å². The molecule has 9 nitrogen and oxygen atoms in total. The number of carboxylic acid groups (broad SMARTS) is 1. The van der Waals surface area contributed by atoms with Crippen LogP contribution in [0.4, 0.5) is 16.6 Å². The minimum Gasteiger partial charge on any atom is -0.483 e. The number of hydrogen-bond acceptors (Lipinski definition) is 7. The Bertz CT molecular complexity index is 580. The van der Waals surface area contributed by atoms with Crippen molar-refractivity contribution in [2.45, 2.75) is 13.0 Å². The minimum absolute atomic E-state index is 0.115. The Morgan fingerprint density at radius 2 is 2.13 bits per heavy atom. The summed E-state index contributed by atoms with van der Waals surface area (Å²) in [6.45, 7) is 4.34. The third-order valence-corrected chi connectivity index (χ3v) is 3.76. The third-order valence-electron chi connectivity index (χ3n) is 3.76. The minimum atomic E-state index is -0.250. The number of nitrogens with zero attached hydrogens (tertiary/aromatic N) is 5. The van der Waals surface area contributed by atoms with Gasteiger partial charge in [-0.05, 0) is 6.92 Å². The van der Waals surface area contributed by atoms with E-state index >= 15 is 0 Å². The van der Waals surface area contributed by atoms with Crippen LogP contribution in [0.2, 0.25) is 0 Å². The number of carbonyl (C=O) groups excluding carboxylic acids is 1. The summed E-state index contributed by atoms with van der Waals surface area (Å²) < 4.78 is 5.08. The van der Waals surface area contributed by atoms with Gasteiger partial charge in [-0.1, -0.05) is 0 Å². The summed E-state index contributed by atoms with van der Waals surface area (Å²) in [5.74, 6) is 1.65. The van der Waals surface area contributed by atoms with Crippen molar-refractivity contribution >= 4 is 24.3 Å². The number of rotatable bonds is 2. The van der Waals surface area contributed by atoms with Crippen molar-refractivity contribution in [3.8, 4) is 0 Å². The van der Waals surface area contributed by atoms with E-state index in [9.17, 15) is 4.79 Å². The lowest BCUT2D eigenvalue weighted by atomic mass is 10.2. The number of aromatic nitrogens is 2. The summed E-state index contributed by atoms with van der Waals surface area (Å²) in [6, 6.07) is 0.115. The monoisotopic (exact) mass is 323 g/mol. The summed E-state index contributed by atoms with van der Waals surface area (Å²) in [7, 11) is 3.95. The molecule has 23 heavy (non-hydrogen) atoms. The van der Waals surface area contributed by atoms with E-state index in [0.29, 0.717) is 13.2 Å². The van der Waals surface area contributed by atoms with Crippen molar-refractivity contribution in [3.63, 3.8) is 0 Å². The van der Waals surface area contributed by atoms with E-state index < -0.39 is 0 Å². The van der Waals surface area contributed by atoms with E-state index in [4.69, 9.17) is 14.6 Å². The number of anilines is 2. The number of aryl methyl sites for hydroxylation is 1. The molecule has 0 aliphatic carbocycles. The number of piperazine rings is 1. The van der Waals surface area contributed by atoms with Crippen LogP contribution in [-0.2, 0) is 9.53 Å². The fraction of sp³-hybridized carbons (Fsp3) is 0.571. The Morgan fingerprint density at radius 3 is 2.78 bits per heavy atom. The maximum absolute atomic E-state index is 11.5. The third kappa shape index (κ3) is 3.61. The molecule has 0 bridgehead atoms. The molecule has 3 rings (SSSR count). The molecule has 2 fully saturated rings. The Labute approximate surface area is 134 Å². The van der Waals surface area contributed by atoms with Crippen molar-refractivity contribution in [2.75, 3.05) is 50.1 Å². The second-order valence-corrected chi connectivity index (χ2v) is 5.55. The Balaban J connectivity index is 0.000000595. The molecule has 1 aromatic heterocycles. The van der Waals surface area contributed by atoms with Crippen LogP contribution in [0.5, 0.6) is 0 Å². The molecule has 1 N–H and O–H groups in total. The van der Waals surface area contributed by atoms with Gasteiger partial charge in [0.15, 0.2) is 0 Å². The van der Waals surface area contributed by atoms with Gasteiger partial charge in [-0.15, -0.1) is 0 Å². The second-order valence-electron chi connectivity index (χ2n) is 5.55. The van der Waals surface area contributed by atoms with Crippen LogP contribution in [-0.4, -0.2) is 78.9 Å². The highest BCUT2D eigenvalue weighted by Crippen LogP contribution is 2.23. The molecule has 0 aromatic carbocycles. The van der Waals surface area contributed by atoms with Crippen LogP contribution in [0.3, 0.4) is 0 Å². The molecule has 0 spiro atoms. The summed E-state index contributed by atoms with van der Waals surface area (Å²) >= 11 is 0. The van der Waals surface area contributed by atoms with Crippen LogP contribution in [0, 0.1) is 6.92 Å². The zero-order chi connectivity index (χ0) is 17.0. The second kappa shape index (κ2) is 7.12. The highest BCUT2D eigenvalue weighted by atomic mass is 16.6. The van der Waals surface area contributed by atoms with Crippen LogP contribution in [0.15, 0.2) is 6.20 Å². The number of amides is 1. The molecule has 126 valence electrons. The Kier molecular flexibility index (Phi) is 5.20. The van der Waals surface area contributed by atoms with Crippen LogP contribution in [0.25, 0.3) is 0 Å². The molecular formula is C14H21N5O4. The van der Waals surface area contributed by atoms with Gasteiger partial charge in [0.25, 0.3) is 6.47 Å². The molecule has 0 radical (unpaired) electrons. The van der Waals surface area contributed by atoms with E-state index in [0.717, 1.165) is 30.4 Å². The number of ether oxygens (including phenoxy) is 1. The number of fused-ring (bicyclic) bond motifs is 1. The van der Waals surface area contributed by atoms with Crippen molar-refractivity contribution in [3.05, 3.63) is 11.8 Å². The predicted octanol–water partition coefficient (Wildman–Crippen LogP) is 0.193. The fourth-order valence-electron chi connectivity index (χ4n) is 2.70. The molecule has 1 unspecified atom stereocenters. The first-order chi connectivity index (χ1) is 11.0. The molecule has 1 amide bonds. The van der Waals surface area contributed by atoms with Crippen molar-refractivity contribution in [1.82, 2.24) is 14.9 Å². The molecule has 2 aliphatic rings. The first-order valence-corrected chi connectivity index (χ1v) is 7.25. The molecule has 2 aliphatic heterocycles. The molecule has 9 heteroatoms. The zero-order valence-electron chi connectivity index (χ0n) is 13.5. The topological polar surface area (TPSA) is 99.1 Å². The van der Waals surface area contributed by atoms with Gasteiger partial charge in [-0.3, -0.25) is 9.69 Å².